The maximum absolute atomic E-state index is 12.7. The van der Waals surface area contributed by atoms with E-state index in [1.165, 1.54) is 17.0 Å². The van der Waals surface area contributed by atoms with E-state index >= 15 is 0 Å². The second kappa shape index (κ2) is 6.39. The fraction of sp³-hybridized carbons (Fsp3) is 0.211. The molecule has 1 heterocycles. The monoisotopic (exact) mass is 338 g/mol. The molecule has 2 N–H and O–H groups in total. The second-order valence-electron chi connectivity index (χ2n) is 5.94. The molecule has 0 aromatic heterocycles. The fourth-order valence-corrected chi connectivity index (χ4v) is 3.04. The molecule has 1 unspecified atom stereocenters. The van der Waals surface area contributed by atoms with Crippen LogP contribution in [0.5, 0.6) is 5.75 Å². The quantitative estimate of drug-likeness (QED) is 0.663. The number of phenolic OH excluding ortho intramolecular Hbond substituents is 1. The summed E-state index contributed by atoms with van der Waals surface area (Å²) >= 11 is 0. The summed E-state index contributed by atoms with van der Waals surface area (Å²) in [6, 6.07) is 10.4. The molecule has 1 atom stereocenters. The van der Waals surface area contributed by atoms with Gasteiger partial charge < -0.3 is 10.4 Å². The summed E-state index contributed by atoms with van der Waals surface area (Å²) in [5.74, 6) is -1.56. The van der Waals surface area contributed by atoms with Crippen molar-refractivity contribution in [2.24, 2.45) is 0 Å². The highest BCUT2D eigenvalue weighted by atomic mass is 16.3. The van der Waals surface area contributed by atoms with Crippen LogP contribution in [0, 0.1) is 6.92 Å². The molecule has 1 aliphatic rings. The number of hydrogen-bond acceptors (Lipinski definition) is 4. The van der Waals surface area contributed by atoms with E-state index in [0.717, 1.165) is 5.56 Å². The van der Waals surface area contributed by atoms with Gasteiger partial charge in [-0.2, -0.15) is 0 Å². The van der Waals surface area contributed by atoms with Gasteiger partial charge in [0.2, 0.25) is 5.91 Å². The number of para-hydroxylation sites is 1. The Labute approximate surface area is 145 Å². The lowest BCUT2D eigenvalue weighted by molar-refractivity contribution is -0.121. The van der Waals surface area contributed by atoms with Crippen LogP contribution in [0.4, 0.5) is 11.4 Å². The molecular formula is C19H18N2O4. The standard InChI is InChI=1S/C19H18N2O4/c1-3-15(18(24)20-12-7-9-13(22)10-8-12)21-16-11(2)5-4-6-14(16)17(23)19(21)25/h4-10,15,22H,3H2,1-2H3,(H,20,24). The Morgan fingerprint density at radius 1 is 1.16 bits per heavy atom. The zero-order valence-electron chi connectivity index (χ0n) is 13.9. The van der Waals surface area contributed by atoms with Crippen molar-refractivity contribution >= 4 is 29.0 Å². The minimum absolute atomic E-state index is 0.0925. The highest BCUT2D eigenvalue weighted by Crippen LogP contribution is 2.34. The van der Waals surface area contributed by atoms with Crippen LogP contribution in [0.15, 0.2) is 42.5 Å². The first-order valence-corrected chi connectivity index (χ1v) is 8.01. The summed E-state index contributed by atoms with van der Waals surface area (Å²) in [5, 5.41) is 12.0. The molecule has 2 amide bonds. The van der Waals surface area contributed by atoms with Gasteiger partial charge in [0.05, 0.1) is 11.3 Å². The van der Waals surface area contributed by atoms with Crippen LogP contribution in [-0.4, -0.2) is 28.7 Å². The van der Waals surface area contributed by atoms with Crippen molar-refractivity contribution in [1.29, 1.82) is 0 Å². The van der Waals surface area contributed by atoms with E-state index in [-0.39, 0.29) is 11.7 Å². The average molecular weight is 338 g/mol. The van der Waals surface area contributed by atoms with Gasteiger partial charge in [0.1, 0.15) is 11.8 Å². The Morgan fingerprint density at radius 3 is 2.48 bits per heavy atom. The second-order valence-corrected chi connectivity index (χ2v) is 5.94. The minimum Gasteiger partial charge on any atom is -0.508 e. The molecule has 25 heavy (non-hydrogen) atoms. The van der Waals surface area contributed by atoms with Crippen molar-refractivity contribution in [1.82, 2.24) is 0 Å². The van der Waals surface area contributed by atoms with Crippen molar-refractivity contribution < 1.29 is 19.5 Å². The van der Waals surface area contributed by atoms with E-state index in [4.69, 9.17) is 0 Å². The molecule has 0 aliphatic carbocycles. The molecule has 0 saturated carbocycles. The van der Waals surface area contributed by atoms with Crippen LogP contribution >= 0.6 is 0 Å². The van der Waals surface area contributed by atoms with Crippen molar-refractivity contribution in [3.63, 3.8) is 0 Å². The number of hydrogen-bond donors (Lipinski definition) is 2. The zero-order chi connectivity index (χ0) is 18.1. The number of phenols is 1. The number of rotatable bonds is 4. The van der Waals surface area contributed by atoms with Crippen molar-refractivity contribution in [3.8, 4) is 5.75 Å². The van der Waals surface area contributed by atoms with Crippen molar-refractivity contribution in [3.05, 3.63) is 53.6 Å². The number of nitrogens with one attached hydrogen (secondary N) is 1. The van der Waals surface area contributed by atoms with Gasteiger partial charge in [0, 0.05) is 5.69 Å². The van der Waals surface area contributed by atoms with Gasteiger partial charge >= 0.3 is 0 Å². The number of ketones is 1. The molecule has 2 aromatic carbocycles. The summed E-state index contributed by atoms with van der Waals surface area (Å²) in [6.07, 6.45) is 0.358. The topological polar surface area (TPSA) is 86.7 Å². The van der Waals surface area contributed by atoms with Crippen LogP contribution < -0.4 is 10.2 Å². The largest absolute Gasteiger partial charge is 0.508 e. The van der Waals surface area contributed by atoms with Crippen LogP contribution in [-0.2, 0) is 9.59 Å². The molecule has 0 spiro atoms. The normalized spacial score (nSPS) is 14.4. The zero-order valence-corrected chi connectivity index (χ0v) is 13.9. The number of amides is 2. The van der Waals surface area contributed by atoms with Crippen LogP contribution in [0.3, 0.4) is 0 Å². The Hall–Kier alpha value is -3.15. The number of benzene rings is 2. The minimum atomic E-state index is -0.799. The maximum atomic E-state index is 12.7. The van der Waals surface area contributed by atoms with E-state index in [1.807, 2.05) is 13.0 Å². The maximum Gasteiger partial charge on any atom is 0.300 e. The summed E-state index contributed by atoms with van der Waals surface area (Å²) in [4.78, 5) is 38.7. The first kappa shape index (κ1) is 16.7. The van der Waals surface area contributed by atoms with E-state index in [1.54, 1.807) is 31.2 Å². The number of Topliss-reactive ketones (excluding diaryl/α,β-unsaturated/α-hetero) is 1. The van der Waals surface area contributed by atoms with Gasteiger partial charge in [-0.25, -0.2) is 0 Å². The number of carbonyl (C=O) groups excluding carboxylic acids is 3. The molecular weight excluding hydrogens is 320 g/mol. The van der Waals surface area contributed by atoms with E-state index in [0.29, 0.717) is 23.4 Å². The summed E-state index contributed by atoms with van der Waals surface area (Å²) < 4.78 is 0. The Balaban J connectivity index is 1.93. The molecule has 6 nitrogen and oxygen atoms in total. The lowest BCUT2D eigenvalue weighted by Crippen LogP contribution is -2.46. The Morgan fingerprint density at radius 2 is 1.84 bits per heavy atom. The summed E-state index contributed by atoms with van der Waals surface area (Å²) in [7, 11) is 0. The van der Waals surface area contributed by atoms with E-state index in [2.05, 4.69) is 5.32 Å². The first-order chi connectivity index (χ1) is 11.9. The molecule has 128 valence electrons. The number of aromatic hydroxyl groups is 1. The highest BCUT2D eigenvalue weighted by molar-refractivity contribution is 6.53. The lowest BCUT2D eigenvalue weighted by atomic mass is 10.1. The third-order valence-electron chi connectivity index (χ3n) is 4.27. The van der Waals surface area contributed by atoms with E-state index in [9.17, 15) is 19.5 Å². The van der Waals surface area contributed by atoms with Crippen molar-refractivity contribution in [2.75, 3.05) is 10.2 Å². The smallest absolute Gasteiger partial charge is 0.300 e. The molecule has 0 fully saturated rings. The van der Waals surface area contributed by atoms with Crippen LogP contribution in [0.25, 0.3) is 0 Å². The highest BCUT2D eigenvalue weighted by Gasteiger charge is 2.42. The number of carbonyl (C=O) groups is 3. The van der Waals surface area contributed by atoms with Crippen LogP contribution in [0.2, 0.25) is 0 Å². The summed E-state index contributed by atoms with van der Waals surface area (Å²) in [6.45, 7) is 3.59. The molecule has 1 aliphatic heterocycles. The van der Waals surface area contributed by atoms with Gasteiger partial charge in [-0.15, -0.1) is 0 Å². The Bertz CT molecular complexity index is 858. The molecule has 6 heteroatoms. The van der Waals surface area contributed by atoms with Gasteiger partial charge in [-0.3, -0.25) is 19.3 Å². The molecule has 3 rings (SSSR count). The van der Waals surface area contributed by atoms with Crippen molar-refractivity contribution in [2.45, 2.75) is 26.3 Å². The van der Waals surface area contributed by atoms with Crippen LogP contribution in [0.1, 0.15) is 29.3 Å². The predicted molar refractivity (Wildman–Crippen MR) is 93.8 cm³/mol. The molecule has 2 aromatic rings. The third-order valence-corrected chi connectivity index (χ3v) is 4.27. The number of anilines is 2. The molecule has 0 radical (unpaired) electrons. The molecule has 0 saturated heterocycles. The first-order valence-electron chi connectivity index (χ1n) is 8.01. The van der Waals surface area contributed by atoms with Gasteiger partial charge in [-0.05, 0) is 49.2 Å². The fourth-order valence-electron chi connectivity index (χ4n) is 3.04. The van der Waals surface area contributed by atoms with Gasteiger partial charge in [0.25, 0.3) is 11.7 Å². The molecule has 0 bridgehead atoms. The third kappa shape index (κ3) is 2.87. The summed E-state index contributed by atoms with van der Waals surface area (Å²) in [5.41, 5.74) is 2.11. The van der Waals surface area contributed by atoms with Gasteiger partial charge in [-0.1, -0.05) is 19.1 Å². The number of nitrogens with zero attached hydrogens (tertiary/aromatic N) is 1. The van der Waals surface area contributed by atoms with E-state index < -0.39 is 17.7 Å². The van der Waals surface area contributed by atoms with Gasteiger partial charge in [0.15, 0.2) is 0 Å². The Kier molecular flexibility index (Phi) is 4.27. The number of aryl methyl sites for hydroxylation is 1. The SMILES string of the molecule is CCC(C(=O)Nc1ccc(O)cc1)N1C(=O)C(=O)c2cccc(C)c21. The average Bonchev–Trinajstić information content (AvgIpc) is 2.84. The lowest BCUT2D eigenvalue weighted by Gasteiger charge is -2.27. The predicted octanol–water partition coefficient (Wildman–Crippen LogP) is 2.65. The number of fused-ring (bicyclic) bond motifs is 1.